The molecule has 1 aliphatic heterocycles. The molecule has 0 aromatic heterocycles. The van der Waals surface area contributed by atoms with Crippen LogP contribution in [0.25, 0.3) is 0 Å². The van der Waals surface area contributed by atoms with Crippen LogP contribution in [-0.4, -0.2) is 25.7 Å². The zero-order valence-corrected chi connectivity index (χ0v) is 12.7. The summed E-state index contributed by atoms with van der Waals surface area (Å²) in [4.78, 5) is 12.3. The smallest absolute Gasteiger partial charge is 0.230 e. The minimum atomic E-state index is -0.0666. The van der Waals surface area contributed by atoms with Crippen LogP contribution in [0.5, 0.6) is 5.75 Å². The van der Waals surface area contributed by atoms with E-state index < -0.39 is 0 Å². The van der Waals surface area contributed by atoms with Crippen molar-refractivity contribution in [2.45, 2.75) is 25.9 Å². The van der Waals surface area contributed by atoms with Crippen molar-refractivity contribution >= 4 is 27.5 Å². The maximum atomic E-state index is 12.3. The van der Waals surface area contributed by atoms with Crippen LogP contribution < -0.4 is 10.1 Å². The van der Waals surface area contributed by atoms with Gasteiger partial charge in [0.2, 0.25) is 5.91 Å². The normalized spacial score (nSPS) is 22.3. The number of methoxy groups -OCH3 is 1. The van der Waals surface area contributed by atoms with E-state index in [2.05, 4.69) is 21.2 Å². The molecule has 0 aliphatic carbocycles. The first-order valence-corrected chi connectivity index (χ1v) is 7.21. The number of benzene rings is 1. The number of anilines is 1. The number of hydrogen-bond acceptors (Lipinski definition) is 3. The quantitative estimate of drug-likeness (QED) is 0.923. The summed E-state index contributed by atoms with van der Waals surface area (Å²) in [5, 5.41) is 2.95. The third-order valence-electron chi connectivity index (χ3n) is 3.38. The Morgan fingerprint density at radius 2 is 2.37 bits per heavy atom. The highest BCUT2D eigenvalue weighted by molar-refractivity contribution is 9.10. The number of halogens is 1. The van der Waals surface area contributed by atoms with Gasteiger partial charge in [-0.15, -0.1) is 0 Å². The van der Waals surface area contributed by atoms with Crippen molar-refractivity contribution in [3.63, 3.8) is 0 Å². The van der Waals surface area contributed by atoms with E-state index in [-0.39, 0.29) is 17.9 Å². The second kappa shape index (κ2) is 6.39. The van der Waals surface area contributed by atoms with E-state index in [0.717, 1.165) is 23.0 Å². The minimum Gasteiger partial charge on any atom is -0.497 e. The van der Waals surface area contributed by atoms with Gasteiger partial charge in [-0.05, 0) is 40.9 Å². The molecule has 0 radical (unpaired) electrons. The molecule has 1 fully saturated rings. The summed E-state index contributed by atoms with van der Waals surface area (Å²) < 4.78 is 11.6. The molecule has 1 saturated heterocycles. The van der Waals surface area contributed by atoms with E-state index in [4.69, 9.17) is 9.47 Å². The van der Waals surface area contributed by atoms with E-state index in [1.807, 2.05) is 19.1 Å². The molecule has 4 nitrogen and oxygen atoms in total. The lowest BCUT2D eigenvalue weighted by atomic mass is 9.98. The molecular weight excluding hydrogens is 310 g/mol. The van der Waals surface area contributed by atoms with Crippen molar-refractivity contribution in [3.8, 4) is 5.75 Å². The molecule has 104 valence electrons. The lowest BCUT2D eigenvalue weighted by Gasteiger charge is -2.17. The molecule has 1 aliphatic rings. The van der Waals surface area contributed by atoms with E-state index in [0.29, 0.717) is 12.4 Å². The molecule has 2 rings (SSSR count). The molecule has 1 amide bonds. The van der Waals surface area contributed by atoms with Crippen molar-refractivity contribution in [1.82, 2.24) is 0 Å². The molecule has 2 unspecified atom stereocenters. The van der Waals surface area contributed by atoms with E-state index in [9.17, 15) is 4.79 Å². The van der Waals surface area contributed by atoms with Gasteiger partial charge in [-0.1, -0.05) is 6.92 Å². The minimum absolute atomic E-state index is 0.0123. The van der Waals surface area contributed by atoms with Crippen LogP contribution in [0.1, 0.15) is 19.8 Å². The number of carbonyl (C=O) groups excluding carboxylic acids is 1. The van der Waals surface area contributed by atoms with Gasteiger partial charge in [0, 0.05) is 17.1 Å². The Morgan fingerprint density at radius 3 is 3.05 bits per heavy atom. The van der Waals surface area contributed by atoms with Crippen LogP contribution >= 0.6 is 15.9 Å². The predicted octanol–water partition coefficient (Wildman–Crippen LogP) is 3.21. The van der Waals surface area contributed by atoms with E-state index in [1.165, 1.54) is 0 Å². The Bertz CT molecular complexity index is 464. The average Bonchev–Trinajstić information content (AvgIpc) is 2.89. The summed E-state index contributed by atoms with van der Waals surface area (Å²) in [5.41, 5.74) is 0.728. The second-order valence-electron chi connectivity index (χ2n) is 4.55. The Labute approximate surface area is 121 Å². The summed E-state index contributed by atoms with van der Waals surface area (Å²) in [6.07, 6.45) is 1.67. The molecule has 1 aromatic rings. The fraction of sp³-hybridized carbons (Fsp3) is 0.500. The Hall–Kier alpha value is -1.07. The number of carbonyl (C=O) groups is 1. The zero-order valence-electron chi connectivity index (χ0n) is 11.1. The summed E-state index contributed by atoms with van der Waals surface area (Å²) in [5.74, 6) is 0.662. The standard InChI is InChI=1S/C14H18BrNO3/c1-3-13-10(6-7-19-13)14(17)16-12-8-9(18-2)4-5-11(12)15/h4-5,8,10,13H,3,6-7H2,1-2H3,(H,16,17). The third kappa shape index (κ3) is 3.28. The highest BCUT2D eigenvalue weighted by Gasteiger charge is 2.32. The van der Waals surface area contributed by atoms with Crippen molar-refractivity contribution in [1.29, 1.82) is 0 Å². The number of nitrogens with one attached hydrogen (secondary N) is 1. The van der Waals surface area contributed by atoms with Gasteiger partial charge < -0.3 is 14.8 Å². The summed E-state index contributed by atoms with van der Waals surface area (Å²) in [7, 11) is 1.60. The van der Waals surface area contributed by atoms with Crippen LogP contribution in [0.15, 0.2) is 22.7 Å². The molecule has 0 bridgehead atoms. The SMILES string of the molecule is CCC1OCCC1C(=O)Nc1cc(OC)ccc1Br. The number of ether oxygens (including phenoxy) is 2. The zero-order chi connectivity index (χ0) is 13.8. The summed E-state index contributed by atoms with van der Waals surface area (Å²) >= 11 is 3.43. The van der Waals surface area contributed by atoms with Gasteiger partial charge in [-0.25, -0.2) is 0 Å². The summed E-state index contributed by atoms with van der Waals surface area (Å²) in [6.45, 7) is 2.70. The molecule has 5 heteroatoms. The number of hydrogen-bond donors (Lipinski definition) is 1. The van der Waals surface area contributed by atoms with Crippen LogP contribution in [0, 0.1) is 5.92 Å². The molecule has 19 heavy (non-hydrogen) atoms. The van der Waals surface area contributed by atoms with Crippen molar-refractivity contribution < 1.29 is 14.3 Å². The maximum absolute atomic E-state index is 12.3. The Kier molecular flexibility index (Phi) is 4.82. The van der Waals surface area contributed by atoms with Crippen LogP contribution in [0.3, 0.4) is 0 Å². The lowest BCUT2D eigenvalue weighted by Crippen LogP contribution is -2.29. The van der Waals surface area contributed by atoms with E-state index >= 15 is 0 Å². The highest BCUT2D eigenvalue weighted by Crippen LogP contribution is 2.30. The van der Waals surface area contributed by atoms with Crippen LogP contribution in [0.4, 0.5) is 5.69 Å². The van der Waals surface area contributed by atoms with Gasteiger partial charge in [-0.3, -0.25) is 4.79 Å². The molecular formula is C14H18BrNO3. The van der Waals surface area contributed by atoms with Crippen molar-refractivity contribution in [3.05, 3.63) is 22.7 Å². The van der Waals surface area contributed by atoms with Gasteiger partial charge in [0.05, 0.1) is 24.8 Å². The lowest BCUT2D eigenvalue weighted by molar-refractivity contribution is -0.121. The first-order chi connectivity index (χ1) is 9.15. The summed E-state index contributed by atoms with van der Waals surface area (Å²) in [6, 6.07) is 5.50. The fourth-order valence-corrected chi connectivity index (χ4v) is 2.65. The van der Waals surface area contributed by atoms with Gasteiger partial charge in [0.15, 0.2) is 0 Å². The van der Waals surface area contributed by atoms with Crippen LogP contribution in [-0.2, 0) is 9.53 Å². The Balaban J connectivity index is 2.10. The molecule has 2 atom stereocenters. The molecule has 1 heterocycles. The highest BCUT2D eigenvalue weighted by atomic mass is 79.9. The maximum Gasteiger partial charge on any atom is 0.230 e. The molecule has 1 N–H and O–H groups in total. The topological polar surface area (TPSA) is 47.6 Å². The monoisotopic (exact) mass is 327 g/mol. The number of amides is 1. The van der Waals surface area contributed by atoms with Gasteiger partial charge in [0.1, 0.15) is 5.75 Å². The van der Waals surface area contributed by atoms with Crippen molar-refractivity contribution in [2.24, 2.45) is 5.92 Å². The van der Waals surface area contributed by atoms with Gasteiger partial charge in [-0.2, -0.15) is 0 Å². The van der Waals surface area contributed by atoms with Crippen molar-refractivity contribution in [2.75, 3.05) is 19.0 Å². The second-order valence-corrected chi connectivity index (χ2v) is 5.40. The average molecular weight is 328 g/mol. The Morgan fingerprint density at radius 1 is 1.58 bits per heavy atom. The predicted molar refractivity (Wildman–Crippen MR) is 77.5 cm³/mol. The van der Waals surface area contributed by atoms with Gasteiger partial charge in [0.25, 0.3) is 0 Å². The molecule has 1 aromatic carbocycles. The van der Waals surface area contributed by atoms with Gasteiger partial charge >= 0.3 is 0 Å². The number of rotatable bonds is 4. The fourth-order valence-electron chi connectivity index (χ4n) is 2.30. The van der Waals surface area contributed by atoms with Crippen LogP contribution in [0.2, 0.25) is 0 Å². The largest absolute Gasteiger partial charge is 0.497 e. The first kappa shape index (κ1) is 14.3. The van der Waals surface area contributed by atoms with E-state index in [1.54, 1.807) is 13.2 Å². The molecule has 0 saturated carbocycles. The molecule has 0 spiro atoms. The third-order valence-corrected chi connectivity index (χ3v) is 4.07. The first-order valence-electron chi connectivity index (χ1n) is 6.41.